The smallest absolute Gasteiger partial charge is 0.146 e. The Kier molecular flexibility index (Phi) is 3.88. The molecule has 0 aromatic rings. The van der Waals surface area contributed by atoms with E-state index in [0.717, 1.165) is 19.6 Å². The van der Waals surface area contributed by atoms with E-state index in [9.17, 15) is 4.79 Å². The first-order chi connectivity index (χ1) is 6.13. The van der Waals surface area contributed by atoms with Crippen LogP contribution in [0.5, 0.6) is 0 Å². The van der Waals surface area contributed by atoms with Gasteiger partial charge >= 0.3 is 0 Å². The predicted octanol–water partition coefficient (Wildman–Crippen LogP) is 1.07. The number of ether oxygens (including phenoxy) is 1. The van der Waals surface area contributed by atoms with E-state index in [4.69, 9.17) is 4.74 Å². The minimum absolute atomic E-state index is 0.0718. The van der Waals surface area contributed by atoms with E-state index in [1.54, 1.807) is 6.92 Å². The van der Waals surface area contributed by atoms with Gasteiger partial charge in [-0.05, 0) is 27.2 Å². The minimum atomic E-state index is 0.0718. The van der Waals surface area contributed by atoms with Gasteiger partial charge in [0.15, 0.2) is 0 Å². The molecule has 1 heterocycles. The van der Waals surface area contributed by atoms with E-state index < -0.39 is 0 Å². The van der Waals surface area contributed by atoms with Gasteiger partial charge in [0.05, 0.1) is 12.6 Å². The number of hydrogen-bond acceptors (Lipinski definition) is 3. The molecular weight excluding hydrogens is 166 g/mol. The van der Waals surface area contributed by atoms with E-state index in [1.807, 2.05) is 0 Å². The molecule has 1 rings (SSSR count). The first-order valence-corrected chi connectivity index (χ1v) is 4.97. The van der Waals surface area contributed by atoms with Crippen LogP contribution in [0, 0.1) is 0 Å². The van der Waals surface area contributed by atoms with Gasteiger partial charge in [-0.25, -0.2) is 0 Å². The summed E-state index contributed by atoms with van der Waals surface area (Å²) in [4.78, 5) is 13.6. The number of carbonyl (C=O) groups excluding carboxylic acids is 1. The van der Waals surface area contributed by atoms with Crippen molar-refractivity contribution in [2.75, 3.05) is 19.8 Å². The van der Waals surface area contributed by atoms with Crippen molar-refractivity contribution in [2.45, 2.75) is 39.3 Å². The van der Waals surface area contributed by atoms with Crippen molar-refractivity contribution in [2.24, 2.45) is 0 Å². The lowest BCUT2D eigenvalue weighted by Gasteiger charge is -2.30. The van der Waals surface area contributed by atoms with E-state index in [0.29, 0.717) is 12.6 Å². The summed E-state index contributed by atoms with van der Waals surface area (Å²) < 4.78 is 5.36. The Hall–Kier alpha value is -0.410. The highest BCUT2D eigenvalue weighted by atomic mass is 16.5. The zero-order valence-electron chi connectivity index (χ0n) is 8.75. The fourth-order valence-electron chi connectivity index (χ4n) is 1.84. The molecule has 3 nitrogen and oxygen atoms in total. The van der Waals surface area contributed by atoms with Gasteiger partial charge in [0.2, 0.25) is 0 Å². The van der Waals surface area contributed by atoms with Gasteiger partial charge in [0.25, 0.3) is 0 Å². The lowest BCUT2D eigenvalue weighted by molar-refractivity contribution is -0.122. The summed E-state index contributed by atoms with van der Waals surface area (Å²) in [6, 6.07) is 0.498. The van der Waals surface area contributed by atoms with E-state index >= 15 is 0 Å². The van der Waals surface area contributed by atoms with Crippen molar-refractivity contribution in [3.8, 4) is 0 Å². The van der Waals surface area contributed by atoms with Crippen LogP contribution in [-0.2, 0) is 9.53 Å². The summed E-state index contributed by atoms with van der Waals surface area (Å²) in [5.41, 5.74) is 0. The molecule has 0 amide bonds. The van der Waals surface area contributed by atoms with Crippen LogP contribution in [0.15, 0.2) is 0 Å². The van der Waals surface area contributed by atoms with Crippen molar-refractivity contribution in [1.29, 1.82) is 0 Å². The minimum Gasteiger partial charge on any atom is -0.380 e. The molecule has 1 aliphatic rings. The molecular formula is C10H19NO2. The topological polar surface area (TPSA) is 29.5 Å². The van der Waals surface area contributed by atoms with Crippen LogP contribution in [0.1, 0.15) is 27.2 Å². The van der Waals surface area contributed by atoms with E-state index in [2.05, 4.69) is 18.7 Å². The number of rotatable bonds is 2. The number of carbonyl (C=O) groups is 1. The summed E-state index contributed by atoms with van der Waals surface area (Å²) in [6.45, 7) is 8.27. The molecule has 1 atom stereocenters. The largest absolute Gasteiger partial charge is 0.380 e. The summed E-state index contributed by atoms with van der Waals surface area (Å²) >= 11 is 0. The third-order valence-corrected chi connectivity index (χ3v) is 2.56. The lowest BCUT2D eigenvalue weighted by Crippen LogP contribution is -2.44. The molecule has 0 aliphatic carbocycles. The van der Waals surface area contributed by atoms with Gasteiger partial charge in [-0.1, -0.05) is 0 Å². The Bertz CT molecular complexity index is 180. The fraction of sp³-hybridized carbons (Fsp3) is 0.900. The lowest BCUT2D eigenvalue weighted by atomic mass is 10.1. The van der Waals surface area contributed by atoms with Gasteiger partial charge in [-0.2, -0.15) is 0 Å². The number of Topliss-reactive ketones (excluding diaryl/α,β-unsaturated/α-hetero) is 1. The second kappa shape index (κ2) is 4.72. The number of nitrogens with zero attached hydrogens (tertiary/aromatic N) is 1. The predicted molar refractivity (Wildman–Crippen MR) is 51.7 cm³/mol. The van der Waals surface area contributed by atoms with Crippen molar-refractivity contribution in [3.63, 3.8) is 0 Å². The molecule has 1 fully saturated rings. The molecule has 0 bridgehead atoms. The highest BCUT2D eigenvalue weighted by Crippen LogP contribution is 2.13. The SMILES string of the molecule is CC(=O)C1CCOCCN1C(C)C. The first kappa shape index (κ1) is 10.7. The maximum atomic E-state index is 11.4. The Morgan fingerprint density at radius 1 is 1.46 bits per heavy atom. The van der Waals surface area contributed by atoms with Gasteiger partial charge < -0.3 is 4.74 Å². The van der Waals surface area contributed by atoms with Crippen LogP contribution in [0.2, 0.25) is 0 Å². The second-order valence-electron chi connectivity index (χ2n) is 3.86. The normalized spacial score (nSPS) is 26.0. The van der Waals surface area contributed by atoms with Crippen LogP contribution in [0.4, 0.5) is 0 Å². The third-order valence-electron chi connectivity index (χ3n) is 2.56. The molecule has 3 heteroatoms. The van der Waals surface area contributed by atoms with Crippen molar-refractivity contribution in [3.05, 3.63) is 0 Å². The fourth-order valence-corrected chi connectivity index (χ4v) is 1.84. The van der Waals surface area contributed by atoms with Crippen molar-refractivity contribution < 1.29 is 9.53 Å². The molecule has 0 radical (unpaired) electrons. The monoisotopic (exact) mass is 185 g/mol. The second-order valence-corrected chi connectivity index (χ2v) is 3.86. The van der Waals surface area contributed by atoms with Gasteiger partial charge in [-0.3, -0.25) is 9.69 Å². The van der Waals surface area contributed by atoms with Crippen molar-refractivity contribution >= 4 is 5.78 Å². The summed E-state index contributed by atoms with van der Waals surface area (Å²) in [7, 11) is 0. The van der Waals surface area contributed by atoms with Crippen LogP contribution in [0.3, 0.4) is 0 Å². The Labute approximate surface area is 80.1 Å². The molecule has 1 unspecified atom stereocenters. The molecule has 0 aromatic carbocycles. The highest BCUT2D eigenvalue weighted by molar-refractivity contribution is 5.81. The molecule has 13 heavy (non-hydrogen) atoms. The van der Waals surface area contributed by atoms with Crippen molar-refractivity contribution in [1.82, 2.24) is 4.90 Å². The summed E-state index contributed by atoms with van der Waals surface area (Å²) in [5.74, 6) is 0.263. The molecule has 1 saturated heterocycles. The molecule has 0 saturated carbocycles. The van der Waals surface area contributed by atoms with Crippen LogP contribution >= 0.6 is 0 Å². The zero-order valence-corrected chi connectivity index (χ0v) is 8.75. The van der Waals surface area contributed by atoms with Gasteiger partial charge in [0, 0.05) is 19.2 Å². The van der Waals surface area contributed by atoms with E-state index in [-0.39, 0.29) is 11.8 Å². The number of ketones is 1. The average molecular weight is 185 g/mol. The molecule has 0 N–H and O–H groups in total. The highest BCUT2D eigenvalue weighted by Gasteiger charge is 2.26. The van der Waals surface area contributed by atoms with Crippen LogP contribution in [-0.4, -0.2) is 42.5 Å². The third kappa shape index (κ3) is 2.78. The van der Waals surface area contributed by atoms with Crippen LogP contribution < -0.4 is 0 Å². The van der Waals surface area contributed by atoms with Gasteiger partial charge in [-0.15, -0.1) is 0 Å². The molecule has 1 aliphatic heterocycles. The quantitative estimate of drug-likeness (QED) is 0.644. The zero-order chi connectivity index (χ0) is 9.84. The van der Waals surface area contributed by atoms with Crippen LogP contribution in [0.25, 0.3) is 0 Å². The Morgan fingerprint density at radius 2 is 2.15 bits per heavy atom. The molecule has 0 spiro atoms. The standard InChI is InChI=1S/C10H19NO2/c1-8(2)11-5-7-13-6-4-10(11)9(3)12/h8,10H,4-7H2,1-3H3. The molecule has 0 aromatic heterocycles. The molecule has 76 valence electrons. The maximum absolute atomic E-state index is 11.4. The van der Waals surface area contributed by atoms with E-state index in [1.165, 1.54) is 0 Å². The number of hydrogen-bond donors (Lipinski definition) is 0. The van der Waals surface area contributed by atoms with Gasteiger partial charge in [0.1, 0.15) is 5.78 Å². The maximum Gasteiger partial charge on any atom is 0.146 e. The average Bonchev–Trinajstić information content (AvgIpc) is 2.27. The summed E-state index contributed by atoms with van der Waals surface area (Å²) in [5, 5.41) is 0. The Balaban J connectivity index is 2.66. The summed E-state index contributed by atoms with van der Waals surface area (Å²) in [6.07, 6.45) is 0.841. The first-order valence-electron chi connectivity index (χ1n) is 4.97. The Morgan fingerprint density at radius 3 is 2.69 bits per heavy atom.